The minimum absolute atomic E-state index is 0.0579. The number of anilines is 1. The van der Waals surface area contributed by atoms with E-state index in [4.69, 9.17) is 15.4 Å². The van der Waals surface area contributed by atoms with Crippen LogP contribution in [-0.2, 0) is 15.7 Å². The number of methoxy groups -OCH3 is 1. The Morgan fingerprint density at radius 1 is 1.57 bits per heavy atom. The van der Waals surface area contributed by atoms with Gasteiger partial charge in [-0.15, -0.1) is 9.42 Å². The first kappa shape index (κ1) is 10.9. The Balaban J connectivity index is 2.74. The van der Waals surface area contributed by atoms with Crippen LogP contribution >= 0.6 is 8.25 Å². The van der Waals surface area contributed by atoms with E-state index in [9.17, 15) is 4.57 Å². The SMILES string of the molecule is COc1cc(CO[P+](=O)O)ccc1N. The van der Waals surface area contributed by atoms with Gasteiger partial charge in [-0.3, -0.25) is 0 Å². The summed E-state index contributed by atoms with van der Waals surface area (Å²) < 4.78 is 19.8. The van der Waals surface area contributed by atoms with Gasteiger partial charge in [-0.25, -0.2) is 0 Å². The molecule has 0 amide bonds. The highest BCUT2D eigenvalue weighted by molar-refractivity contribution is 7.32. The van der Waals surface area contributed by atoms with Gasteiger partial charge in [0.05, 0.1) is 12.8 Å². The fourth-order valence-electron chi connectivity index (χ4n) is 0.975. The van der Waals surface area contributed by atoms with E-state index in [0.29, 0.717) is 11.4 Å². The molecular formula is C8H11NO4P+. The van der Waals surface area contributed by atoms with Crippen LogP contribution in [-0.4, -0.2) is 12.0 Å². The molecule has 1 atom stereocenters. The summed E-state index contributed by atoms with van der Waals surface area (Å²) in [5.74, 6) is 0.527. The molecule has 1 unspecified atom stereocenters. The highest BCUT2D eigenvalue weighted by atomic mass is 31.1. The van der Waals surface area contributed by atoms with Gasteiger partial charge >= 0.3 is 8.25 Å². The number of nitrogen functional groups attached to an aromatic ring is 1. The lowest BCUT2D eigenvalue weighted by Gasteiger charge is -2.04. The Morgan fingerprint density at radius 3 is 2.86 bits per heavy atom. The van der Waals surface area contributed by atoms with Gasteiger partial charge in [-0.05, 0) is 17.7 Å². The standard InChI is InChI=1S/C8H10NO4P/c1-12-8-4-6(2-3-7(8)9)5-13-14(10)11/h2-4H,5,9H2,1H3/p+1. The van der Waals surface area contributed by atoms with Gasteiger partial charge in [-0.2, -0.15) is 0 Å². The van der Waals surface area contributed by atoms with Crippen molar-refractivity contribution in [3.63, 3.8) is 0 Å². The molecule has 0 bridgehead atoms. The zero-order valence-electron chi connectivity index (χ0n) is 7.64. The molecule has 1 rings (SSSR count). The van der Waals surface area contributed by atoms with Gasteiger partial charge in [-0.1, -0.05) is 6.07 Å². The Bertz CT molecular complexity index is 342. The van der Waals surface area contributed by atoms with Crippen molar-refractivity contribution in [2.75, 3.05) is 12.8 Å². The first-order valence-corrected chi connectivity index (χ1v) is 4.98. The largest absolute Gasteiger partial charge is 0.695 e. The van der Waals surface area contributed by atoms with Crippen LogP contribution in [0.15, 0.2) is 18.2 Å². The van der Waals surface area contributed by atoms with E-state index in [1.165, 1.54) is 7.11 Å². The lowest BCUT2D eigenvalue weighted by atomic mass is 10.2. The quantitative estimate of drug-likeness (QED) is 0.587. The summed E-state index contributed by atoms with van der Waals surface area (Å²) in [5, 5.41) is 0. The normalized spacial score (nSPS) is 11.1. The minimum atomic E-state index is -2.57. The van der Waals surface area contributed by atoms with E-state index in [1.54, 1.807) is 18.2 Å². The molecule has 0 saturated carbocycles. The summed E-state index contributed by atoms with van der Waals surface area (Å²) >= 11 is 0. The van der Waals surface area contributed by atoms with Crippen LogP contribution in [0.5, 0.6) is 5.75 Å². The monoisotopic (exact) mass is 216 g/mol. The topological polar surface area (TPSA) is 81.8 Å². The first-order valence-electron chi connectivity index (χ1n) is 3.85. The maximum atomic E-state index is 10.3. The predicted molar refractivity (Wildman–Crippen MR) is 52.0 cm³/mol. The summed E-state index contributed by atoms with van der Waals surface area (Å²) in [6.45, 7) is 0.0579. The molecule has 1 aromatic rings. The molecular weight excluding hydrogens is 205 g/mol. The number of benzene rings is 1. The van der Waals surface area contributed by atoms with Gasteiger partial charge in [0.2, 0.25) is 0 Å². The van der Waals surface area contributed by atoms with E-state index in [0.717, 1.165) is 5.56 Å². The van der Waals surface area contributed by atoms with Crippen molar-refractivity contribution < 1.29 is 18.7 Å². The van der Waals surface area contributed by atoms with Gasteiger partial charge in [0, 0.05) is 4.57 Å². The Hall–Kier alpha value is -1.16. The molecule has 0 spiro atoms. The number of rotatable bonds is 4. The molecule has 0 fully saturated rings. The van der Waals surface area contributed by atoms with Gasteiger partial charge < -0.3 is 10.5 Å². The zero-order chi connectivity index (χ0) is 10.6. The van der Waals surface area contributed by atoms with Crippen molar-refractivity contribution in [2.24, 2.45) is 0 Å². The van der Waals surface area contributed by atoms with Crippen molar-refractivity contribution in [1.82, 2.24) is 0 Å². The fraction of sp³-hybridized carbons (Fsp3) is 0.250. The van der Waals surface area contributed by atoms with E-state index in [1.807, 2.05) is 0 Å². The molecule has 0 aliphatic carbocycles. The number of nitrogens with two attached hydrogens (primary N) is 1. The average Bonchev–Trinajstić information content (AvgIpc) is 2.16. The lowest BCUT2D eigenvalue weighted by Crippen LogP contribution is -1.94. The highest BCUT2D eigenvalue weighted by Crippen LogP contribution is 2.24. The van der Waals surface area contributed by atoms with Crippen molar-refractivity contribution in [3.05, 3.63) is 23.8 Å². The molecule has 0 aromatic heterocycles. The highest BCUT2D eigenvalue weighted by Gasteiger charge is 2.12. The van der Waals surface area contributed by atoms with E-state index in [-0.39, 0.29) is 6.61 Å². The molecule has 76 valence electrons. The molecule has 0 aliphatic heterocycles. The van der Waals surface area contributed by atoms with Crippen LogP contribution in [0.2, 0.25) is 0 Å². The first-order chi connectivity index (χ1) is 6.63. The smallest absolute Gasteiger partial charge is 0.495 e. The third-order valence-electron chi connectivity index (χ3n) is 1.64. The summed E-state index contributed by atoms with van der Waals surface area (Å²) in [7, 11) is -1.06. The van der Waals surface area contributed by atoms with E-state index >= 15 is 0 Å². The third kappa shape index (κ3) is 2.96. The van der Waals surface area contributed by atoms with Gasteiger partial charge in [0.15, 0.2) is 0 Å². The Kier molecular flexibility index (Phi) is 3.83. The second-order valence-electron chi connectivity index (χ2n) is 2.59. The molecule has 0 radical (unpaired) electrons. The number of ether oxygens (including phenoxy) is 1. The van der Waals surface area contributed by atoms with Crippen LogP contribution < -0.4 is 10.5 Å². The molecule has 3 N–H and O–H groups in total. The van der Waals surface area contributed by atoms with Crippen LogP contribution in [0.4, 0.5) is 5.69 Å². The zero-order valence-corrected chi connectivity index (χ0v) is 8.53. The molecule has 0 heterocycles. The maximum absolute atomic E-state index is 10.3. The van der Waals surface area contributed by atoms with Crippen molar-refractivity contribution >= 4 is 13.9 Å². The summed E-state index contributed by atoms with van der Waals surface area (Å²) in [6.07, 6.45) is 0. The van der Waals surface area contributed by atoms with Crippen molar-refractivity contribution in [2.45, 2.75) is 6.61 Å². The molecule has 14 heavy (non-hydrogen) atoms. The molecule has 0 saturated heterocycles. The number of hydrogen-bond donors (Lipinski definition) is 2. The lowest BCUT2D eigenvalue weighted by molar-refractivity contribution is 0.272. The second kappa shape index (κ2) is 4.91. The summed E-state index contributed by atoms with van der Waals surface area (Å²) in [6, 6.07) is 5.02. The van der Waals surface area contributed by atoms with Gasteiger partial charge in [0.1, 0.15) is 12.4 Å². The Morgan fingerprint density at radius 2 is 2.29 bits per heavy atom. The van der Waals surface area contributed by atoms with E-state index in [2.05, 4.69) is 4.52 Å². The third-order valence-corrected chi connectivity index (χ3v) is 1.99. The summed E-state index contributed by atoms with van der Waals surface area (Å²) in [5.41, 5.74) is 6.83. The Labute approximate surface area is 82.4 Å². The summed E-state index contributed by atoms with van der Waals surface area (Å²) in [4.78, 5) is 8.43. The second-order valence-corrected chi connectivity index (χ2v) is 3.32. The van der Waals surface area contributed by atoms with Crippen LogP contribution in [0, 0.1) is 0 Å². The molecule has 5 nitrogen and oxygen atoms in total. The fourth-order valence-corrected chi connectivity index (χ4v) is 1.23. The van der Waals surface area contributed by atoms with Crippen LogP contribution in [0.3, 0.4) is 0 Å². The number of hydrogen-bond acceptors (Lipinski definition) is 4. The van der Waals surface area contributed by atoms with Crippen molar-refractivity contribution in [1.29, 1.82) is 0 Å². The van der Waals surface area contributed by atoms with Crippen molar-refractivity contribution in [3.8, 4) is 5.75 Å². The van der Waals surface area contributed by atoms with Gasteiger partial charge in [0.25, 0.3) is 0 Å². The minimum Gasteiger partial charge on any atom is -0.495 e. The molecule has 0 aliphatic rings. The molecule has 1 aromatic carbocycles. The van der Waals surface area contributed by atoms with Crippen LogP contribution in [0.25, 0.3) is 0 Å². The predicted octanol–water partition coefficient (Wildman–Crippen LogP) is 1.44. The average molecular weight is 216 g/mol. The molecule has 6 heteroatoms. The van der Waals surface area contributed by atoms with Crippen LogP contribution in [0.1, 0.15) is 5.56 Å². The maximum Gasteiger partial charge on any atom is 0.695 e. The van der Waals surface area contributed by atoms with E-state index < -0.39 is 8.25 Å².